The van der Waals surface area contributed by atoms with E-state index < -0.39 is 5.82 Å². The van der Waals surface area contributed by atoms with Gasteiger partial charge in [0.2, 0.25) is 6.41 Å². The Hall–Kier alpha value is -2.03. The fourth-order valence-corrected chi connectivity index (χ4v) is 3.80. The van der Waals surface area contributed by atoms with Crippen LogP contribution in [0.1, 0.15) is 45.6 Å². The van der Waals surface area contributed by atoms with Gasteiger partial charge in [0, 0.05) is 25.5 Å². The molecule has 1 aliphatic rings. The number of allylic oxidation sites excluding steroid dienone is 1. The van der Waals surface area contributed by atoms with Crippen molar-refractivity contribution >= 4 is 24.0 Å². The number of amides is 1. The highest BCUT2D eigenvalue weighted by atomic mass is 32.2. The van der Waals surface area contributed by atoms with E-state index in [1.54, 1.807) is 26.3 Å². The van der Waals surface area contributed by atoms with Gasteiger partial charge in [0.15, 0.2) is 0 Å². The summed E-state index contributed by atoms with van der Waals surface area (Å²) < 4.78 is 22.9. The van der Waals surface area contributed by atoms with E-state index in [-0.39, 0.29) is 17.0 Å². The summed E-state index contributed by atoms with van der Waals surface area (Å²) >= 11 is 1.53. The van der Waals surface area contributed by atoms with Crippen LogP contribution in [0.25, 0.3) is 0 Å². The molecule has 0 aliphatic heterocycles. The van der Waals surface area contributed by atoms with Crippen LogP contribution >= 0.6 is 11.9 Å². The van der Waals surface area contributed by atoms with Gasteiger partial charge in [-0.05, 0) is 74.4 Å². The molecule has 3 N–H and O–H groups in total. The number of ether oxygens (including phenoxy) is 1. The highest BCUT2D eigenvalue weighted by Crippen LogP contribution is 2.50. The SMILES string of the molecule is CC.COC/C(C)=C/C(NSC1(CCO)CC1)=C(/Nc1ccc(C)cc1F)N(C)C=O. The fraction of sp³-hybridized carbons (Fsp3) is 0.522. The second-order valence-electron chi connectivity index (χ2n) is 7.37. The molecule has 0 heterocycles. The number of rotatable bonds is 12. The Morgan fingerprint density at radius 3 is 2.58 bits per heavy atom. The van der Waals surface area contributed by atoms with Gasteiger partial charge in [-0.25, -0.2) is 4.39 Å². The van der Waals surface area contributed by atoms with E-state index >= 15 is 0 Å². The lowest BCUT2D eigenvalue weighted by Gasteiger charge is -2.24. The molecule has 0 aromatic heterocycles. The molecule has 1 amide bonds. The third-order valence-corrected chi connectivity index (χ3v) is 6.03. The maximum Gasteiger partial charge on any atom is 0.215 e. The van der Waals surface area contributed by atoms with E-state index in [4.69, 9.17) is 4.74 Å². The fourth-order valence-electron chi connectivity index (χ4n) is 2.82. The lowest BCUT2D eigenvalue weighted by Crippen LogP contribution is -2.27. The minimum absolute atomic E-state index is 0.0109. The maximum absolute atomic E-state index is 14.4. The Bertz CT molecular complexity index is 779. The Kier molecular flexibility index (Phi) is 11.7. The van der Waals surface area contributed by atoms with Crippen LogP contribution in [0, 0.1) is 12.7 Å². The zero-order chi connectivity index (χ0) is 23.4. The van der Waals surface area contributed by atoms with Crippen LogP contribution in [-0.4, -0.2) is 48.5 Å². The Balaban J connectivity index is 0.00000233. The number of anilines is 1. The largest absolute Gasteiger partial charge is 0.396 e. The van der Waals surface area contributed by atoms with Crippen LogP contribution in [0.4, 0.5) is 10.1 Å². The Morgan fingerprint density at radius 1 is 1.39 bits per heavy atom. The van der Waals surface area contributed by atoms with E-state index in [1.165, 1.54) is 22.9 Å². The Labute approximate surface area is 190 Å². The first-order valence-corrected chi connectivity index (χ1v) is 11.3. The minimum atomic E-state index is -0.398. The molecule has 8 heteroatoms. The predicted octanol–water partition coefficient (Wildman–Crippen LogP) is 4.58. The van der Waals surface area contributed by atoms with Gasteiger partial charge in [0.25, 0.3) is 0 Å². The third-order valence-electron chi connectivity index (χ3n) is 4.66. The molecule has 0 saturated heterocycles. The molecule has 2 rings (SSSR count). The molecule has 31 heavy (non-hydrogen) atoms. The highest BCUT2D eigenvalue weighted by molar-refractivity contribution is 7.99. The standard InChI is InChI=1S/C21H30FN3O3S.C2H6/c1-15-5-6-18(17(22)11-15)23-20(25(3)14-27)19(12-16(2)13-28-4)24-29-21(7-8-21)9-10-26;1-2/h5-6,11-12,14,23-24,26H,7-10,13H2,1-4H3;1-2H3/b16-12+,20-19+;. The number of aliphatic hydroxyl groups is 1. The smallest absolute Gasteiger partial charge is 0.215 e. The van der Waals surface area contributed by atoms with Gasteiger partial charge in [0.05, 0.1) is 18.0 Å². The zero-order valence-corrected chi connectivity index (χ0v) is 20.2. The van der Waals surface area contributed by atoms with Crippen molar-refractivity contribution in [2.45, 2.75) is 51.7 Å². The number of aliphatic hydroxyl groups excluding tert-OH is 1. The van der Waals surface area contributed by atoms with Gasteiger partial charge < -0.3 is 24.8 Å². The quantitative estimate of drug-likeness (QED) is 0.244. The van der Waals surface area contributed by atoms with Crippen molar-refractivity contribution in [1.29, 1.82) is 0 Å². The number of halogens is 1. The summed E-state index contributed by atoms with van der Waals surface area (Å²) in [7, 11) is 3.22. The molecule has 6 nitrogen and oxygen atoms in total. The number of nitrogens with zero attached hydrogens (tertiary/aromatic N) is 1. The first-order chi connectivity index (χ1) is 14.8. The first kappa shape index (κ1) is 27.0. The zero-order valence-electron chi connectivity index (χ0n) is 19.4. The lowest BCUT2D eigenvalue weighted by atomic mass is 10.2. The predicted molar refractivity (Wildman–Crippen MR) is 127 cm³/mol. The van der Waals surface area contributed by atoms with Crippen LogP contribution in [0.15, 0.2) is 41.4 Å². The number of hydrogen-bond donors (Lipinski definition) is 3. The number of hydrogen-bond acceptors (Lipinski definition) is 6. The van der Waals surface area contributed by atoms with Crippen molar-refractivity contribution in [2.24, 2.45) is 0 Å². The monoisotopic (exact) mass is 453 g/mol. The van der Waals surface area contributed by atoms with Crippen molar-refractivity contribution in [2.75, 3.05) is 32.7 Å². The summed E-state index contributed by atoms with van der Waals surface area (Å²) in [5.74, 6) is 0.0239. The molecule has 1 aliphatic carbocycles. The summed E-state index contributed by atoms with van der Waals surface area (Å²) in [5, 5.41) is 12.4. The summed E-state index contributed by atoms with van der Waals surface area (Å²) in [4.78, 5) is 12.9. The summed E-state index contributed by atoms with van der Waals surface area (Å²) in [5.41, 5.74) is 2.65. The molecule has 174 valence electrons. The molecular formula is C23H36FN3O3S. The molecule has 0 bridgehead atoms. The molecule has 1 saturated carbocycles. The molecule has 0 radical (unpaired) electrons. The van der Waals surface area contributed by atoms with Gasteiger partial charge in [-0.2, -0.15) is 0 Å². The number of carbonyl (C=O) groups is 1. The topological polar surface area (TPSA) is 73.8 Å². The van der Waals surface area contributed by atoms with Crippen LogP contribution < -0.4 is 10.0 Å². The minimum Gasteiger partial charge on any atom is -0.396 e. The van der Waals surface area contributed by atoms with E-state index in [0.717, 1.165) is 24.0 Å². The summed E-state index contributed by atoms with van der Waals surface area (Å²) in [6.45, 7) is 8.29. The molecule has 1 fully saturated rings. The number of aryl methyl sites for hydroxylation is 1. The van der Waals surface area contributed by atoms with Gasteiger partial charge in [-0.1, -0.05) is 19.9 Å². The number of carbonyl (C=O) groups excluding carboxylic acids is 1. The van der Waals surface area contributed by atoms with Gasteiger partial charge in [0.1, 0.15) is 11.6 Å². The second kappa shape index (κ2) is 13.4. The van der Waals surface area contributed by atoms with Crippen LogP contribution in [-0.2, 0) is 9.53 Å². The van der Waals surface area contributed by atoms with Gasteiger partial charge in [-0.3, -0.25) is 4.79 Å². The summed E-state index contributed by atoms with van der Waals surface area (Å²) in [6.07, 6.45) is 5.26. The van der Waals surface area contributed by atoms with Crippen LogP contribution in [0.2, 0.25) is 0 Å². The third kappa shape index (κ3) is 8.55. The number of benzene rings is 1. The van der Waals surface area contributed by atoms with Crippen molar-refractivity contribution in [1.82, 2.24) is 9.62 Å². The molecule has 1 aromatic carbocycles. The average molecular weight is 454 g/mol. The lowest BCUT2D eigenvalue weighted by molar-refractivity contribution is -0.115. The Morgan fingerprint density at radius 2 is 2.06 bits per heavy atom. The highest BCUT2D eigenvalue weighted by Gasteiger charge is 2.43. The van der Waals surface area contributed by atoms with E-state index in [9.17, 15) is 14.3 Å². The van der Waals surface area contributed by atoms with Crippen molar-refractivity contribution in [3.63, 3.8) is 0 Å². The molecule has 0 unspecified atom stereocenters. The van der Waals surface area contributed by atoms with E-state index in [2.05, 4.69) is 10.0 Å². The van der Waals surface area contributed by atoms with E-state index in [0.29, 0.717) is 31.0 Å². The molecule has 1 aromatic rings. The van der Waals surface area contributed by atoms with E-state index in [1.807, 2.05) is 33.8 Å². The van der Waals surface area contributed by atoms with Crippen molar-refractivity contribution < 1.29 is 19.0 Å². The average Bonchev–Trinajstić information content (AvgIpc) is 3.52. The number of nitrogens with one attached hydrogen (secondary N) is 2. The molecular weight excluding hydrogens is 417 g/mol. The first-order valence-electron chi connectivity index (χ1n) is 10.5. The second-order valence-corrected chi connectivity index (χ2v) is 8.65. The summed E-state index contributed by atoms with van der Waals surface area (Å²) in [6, 6.07) is 4.89. The van der Waals surface area contributed by atoms with Crippen LogP contribution in [0.5, 0.6) is 0 Å². The van der Waals surface area contributed by atoms with Crippen molar-refractivity contribution in [3.8, 4) is 0 Å². The molecule has 0 spiro atoms. The maximum atomic E-state index is 14.4. The normalized spacial score (nSPS) is 15.3. The van der Waals surface area contributed by atoms with Gasteiger partial charge in [-0.15, -0.1) is 0 Å². The van der Waals surface area contributed by atoms with Crippen LogP contribution in [0.3, 0.4) is 0 Å². The molecule has 0 atom stereocenters. The van der Waals surface area contributed by atoms with Crippen molar-refractivity contribution in [3.05, 3.63) is 52.7 Å². The van der Waals surface area contributed by atoms with Gasteiger partial charge >= 0.3 is 0 Å². The number of methoxy groups -OCH3 is 1.